The van der Waals surface area contributed by atoms with Crippen LogP contribution in [0.2, 0.25) is 0 Å². The van der Waals surface area contributed by atoms with E-state index in [9.17, 15) is 9.59 Å². The molecule has 0 bridgehead atoms. The van der Waals surface area contributed by atoms with Gasteiger partial charge in [0.1, 0.15) is 6.04 Å². The molecule has 2 atom stereocenters. The second-order valence-corrected chi connectivity index (χ2v) is 11.7. The largest absolute Gasteiger partial charge is 0.361 e. The van der Waals surface area contributed by atoms with Crippen molar-refractivity contribution in [1.82, 2.24) is 25.0 Å². The van der Waals surface area contributed by atoms with Crippen molar-refractivity contribution in [2.75, 3.05) is 45.6 Å². The fourth-order valence-electron chi connectivity index (χ4n) is 6.36. The molecule has 0 radical (unpaired) electrons. The molecule has 3 aromatic rings. The van der Waals surface area contributed by atoms with Crippen molar-refractivity contribution >= 4 is 28.5 Å². The maximum Gasteiger partial charge on any atom is 0.318 e. The van der Waals surface area contributed by atoms with E-state index in [4.69, 9.17) is 0 Å². The predicted octanol–water partition coefficient (Wildman–Crippen LogP) is 5.00. The number of rotatable bonds is 8. The van der Waals surface area contributed by atoms with E-state index >= 15 is 0 Å². The van der Waals surface area contributed by atoms with Gasteiger partial charge in [0.15, 0.2) is 0 Å². The molecule has 8 nitrogen and oxygen atoms in total. The van der Waals surface area contributed by atoms with Gasteiger partial charge in [0.25, 0.3) is 0 Å². The summed E-state index contributed by atoms with van der Waals surface area (Å²) in [5, 5.41) is 7.30. The molecule has 0 unspecified atom stereocenters. The van der Waals surface area contributed by atoms with Gasteiger partial charge in [-0.3, -0.25) is 9.69 Å². The molecule has 214 valence electrons. The van der Waals surface area contributed by atoms with E-state index in [-0.39, 0.29) is 17.9 Å². The summed E-state index contributed by atoms with van der Waals surface area (Å²) in [6, 6.07) is 15.7. The summed E-state index contributed by atoms with van der Waals surface area (Å²) in [6.45, 7) is 5.96. The quantitative estimate of drug-likeness (QED) is 0.373. The normalized spacial score (nSPS) is 18.6. The molecule has 1 saturated heterocycles. The lowest BCUT2D eigenvalue weighted by atomic mass is 9.92. The van der Waals surface area contributed by atoms with E-state index in [0.29, 0.717) is 19.1 Å². The number of piperazine rings is 1. The van der Waals surface area contributed by atoms with Crippen LogP contribution in [0.1, 0.15) is 56.1 Å². The lowest BCUT2D eigenvalue weighted by Gasteiger charge is -2.41. The number of carbonyl (C=O) groups is 2. The van der Waals surface area contributed by atoms with Crippen LogP contribution in [-0.2, 0) is 11.3 Å². The molecule has 3 N–H and O–H groups in total. The average Bonchev–Trinajstić information content (AvgIpc) is 3.40. The molecular formula is C32H44N6O2. The molecule has 2 fully saturated rings. The van der Waals surface area contributed by atoms with E-state index in [1.54, 1.807) is 0 Å². The average molecular weight is 545 g/mol. The molecule has 1 aliphatic heterocycles. The zero-order valence-corrected chi connectivity index (χ0v) is 24.2. The molecule has 3 amide bonds. The Labute approximate surface area is 238 Å². The summed E-state index contributed by atoms with van der Waals surface area (Å²) in [6.07, 6.45) is 8.47. The number of urea groups is 1. The Morgan fingerprint density at radius 2 is 1.75 bits per heavy atom. The van der Waals surface area contributed by atoms with Gasteiger partial charge in [0.2, 0.25) is 5.91 Å². The van der Waals surface area contributed by atoms with Gasteiger partial charge < -0.3 is 25.4 Å². The van der Waals surface area contributed by atoms with Gasteiger partial charge in [-0.2, -0.15) is 0 Å². The minimum atomic E-state index is -0.736. The third-order valence-corrected chi connectivity index (χ3v) is 8.56. The second kappa shape index (κ2) is 12.9. The van der Waals surface area contributed by atoms with Gasteiger partial charge in [0, 0.05) is 67.5 Å². The molecule has 5 rings (SSSR count). The van der Waals surface area contributed by atoms with Crippen LogP contribution in [0.4, 0.5) is 10.5 Å². The summed E-state index contributed by atoms with van der Waals surface area (Å²) in [5.74, 6) is -0.456. The number of fused-ring (bicyclic) bond motifs is 1. The molecule has 2 aliphatic rings. The minimum absolute atomic E-state index is 0.170. The Balaban J connectivity index is 1.31. The van der Waals surface area contributed by atoms with Gasteiger partial charge in [-0.1, -0.05) is 56.5 Å². The Hall–Kier alpha value is -3.36. The molecule has 2 heterocycles. The molecule has 0 spiro atoms. The number of hydrogen-bond acceptors (Lipinski definition) is 4. The third-order valence-electron chi connectivity index (χ3n) is 8.56. The minimum Gasteiger partial charge on any atom is -0.361 e. The van der Waals surface area contributed by atoms with Crippen molar-refractivity contribution < 1.29 is 9.59 Å². The number of benzene rings is 2. The first kappa shape index (κ1) is 28.2. The van der Waals surface area contributed by atoms with E-state index in [1.165, 1.54) is 32.1 Å². The summed E-state index contributed by atoms with van der Waals surface area (Å²) < 4.78 is 0. The van der Waals surface area contributed by atoms with Crippen molar-refractivity contribution in [1.29, 1.82) is 0 Å². The Kier molecular flexibility index (Phi) is 9.07. The first-order valence-corrected chi connectivity index (χ1v) is 14.8. The highest BCUT2D eigenvalue weighted by Crippen LogP contribution is 2.29. The van der Waals surface area contributed by atoms with Gasteiger partial charge in [-0.05, 0) is 56.3 Å². The third kappa shape index (κ3) is 6.67. The second-order valence-electron chi connectivity index (χ2n) is 11.7. The van der Waals surface area contributed by atoms with E-state index in [1.807, 2.05) is 68.5 Å². The number of aromatic nitrogens is 1. The highest BCUT2D eigenvalue weighted by Gasteiger charge is 2.33. The number of aromatic amines is 1. The van der Waals surface area contributed by atoms with Crippen LogP contribution in [0, 0.1) is 0 Å². The van der Waals surface area contributed by atoms with Crippen LogP contribution in [0.3, 0.4) is 0 Å². The summed E-state index contributed by atoms with van der Waals surface area (Å²) >= 11 is 0. The summed E-state index contributed by atoms with van der Waals surface area (Å²) in [5.41, 5.74) is 3.88. The highest BCUT2D eigenvalue weighted by molar-refractivity contribution is 5.98. The first-order chi connectivity index (χ1) is 19.4. The highest BCUT2D eigenvalue weighted by atomic mass is 16.2. The number of hydrogen-bond donors (Lipinski definition) is 3. The molecular weight excluding hydrogens is 500 g/mol. The molecule has 1 saturated carbocycles. The maximum absolute atomic E-state index is 13.8. The van der Waals surface area contributed by atoms with Crippen molar-refractivity contribution in [3.05, 3.63) is 65.9 Å². The smallest absolute Gasteiger partial charge is 0.318 e. The van der Waals surface area contributed by atoms with Crippen LogP contribution in [0.15, 0.2) is 54.7 Å². The van der Waals surface area contributed by atoms with Crippen LogP contribution in [-0.4, -0.2) is 84.0 Å². The Bertz CT molecular complexity index is 1290. The monoisotopic (exact) mass is 544 g/mol. The first-order valence-electron chi connectivity index (χ1n) is 14.8. The maximum atomic E-state index is 13.8. The van der Waals surface area contributed by atoms with Crippen LogP contribution in [0.5, 0.6) is 0 Å². The molecule has 40 heavy (non-hydrogen) atoms. The SMILES string of the molecule is C[C@@H](c1c[nH]c2ccccc12)[C@@H](NC(=O)N1CCN(C2CCCCC2)CC1)C(=O)Nc1cccc(CN(C)C)c1. The Morgan fingerprint density at radius 1 is 1.00 bits per heavy atom. The fourth-order valence-corrected chi connectivity index (χ4v) is 6.36. The van der Waals surface area contributed by atoms with Crippen LogP contribution < -0.4 is 10.6 Å². The van der Waals surface area contributed by atoms with Crippen LogP contribution in [0.25, 0.3) is 10.9 Å². The summed E-state index contributed by atoms with van der Waals surface area (Å²) in [4.78, 5) is 37.2. The van der Waals surface area contributed by atoms with Crippen molar-refractivity contribution in [2.24, 2.45) is 0 Å². The number of anilines is 1. The van der Waals surface area contributed by atoms with Gasteiger partial charge in [-0.15, -0.1) is 0 Å². The van der Waals surface area contributed by atoms with Gasteiger partial charge in [-0.25, -0.2) is 4.79 Å². The molecule has 8 heteroatoms. The van der Waals surface area contributed by atoms with Crippen molar-refractivity contribution in [3.8, 4) is 0 Å². The zero-order chi connectivity index (χ0) is 28.1. The molecule has 2 aromatic carbocycles. The lowest BCUT2D eigenvalue weighted by molar-refractivity contribution is -0.118. The molecule has 1 aliphatic carbocycles. The predicted molar refractivity (Wildman–Crippen MR) is 162 cm³/mol. The zero-order valence-electron chi connectivity index (χ0n) is 24.2. The molecule has 1 aromatic heterocycles. The number of nitrogens with one attached hydrogen (secondary N) is 3. The van der Waals surface area contributed by atoms with Crippen LogP contribution >= 0.6 is 0 Å². The van der Waals surface area contributed by atoms with E-state index in [0.717, 1.165) is 47.4 Å². The lowest BCUT2D eigenvalue weighted by Crippen LogP contribution is -2.57. The Morgan fingerprint density at radius 3 is 2.50 bits per heavy atom. The van der Waals surface area contributed by atoms with E-state index < -0.39 is 6.04 Å². The fraction of sp³-hybridized carbons (Fsp3) is 0.500. The van der Waals surface area contributed by atoms with Crippen molar-refractivity contribution in [2.45, 2.75) is 63.6 Å². The number of nitrogens with zero attached hydrogens (tertiary/aromatic N) is 3. The van der Waals surface area contributed by atoms with Crippen molar-refractivity contribution in [3.63, 3.8) is 0 Å². The number of para-hydroxylation sites is 1. The number of H-pyrrole nitrogens is 1. The number of carbonyl (C=O) groups excluding carboxylic acids is 2. The van der Waals surface area contributed by atoms with Gasteiger partial charge in [0.05, 0.1) is 0 Å². The number of amides is 3. The summed E-state index contributed by atoms with van der Waals surface area (Å²) in [7, 11) is 4.04. The standard InChI is InChI=1S/C32H44N6O2/c1-23(28-21-33-29-15-8-7-14-27(28)29)30(31(39)34-25-11-9-10-24(20-25)22-36(2)3)35-32(40)38-18-16-37(17-19-38)26-12-5-4-6-13-26/h7-11,14-15,20-21,23,26,30,33H,4-6,12-13,16-19,22H2,1-3H3,(H,34,39)(H,35,40)/t23-,30+/m0/s1. The topological polar surface area (TPSA) is 83.7 Å². The van der Waals surface area contributed by atoms with Gasteiger partial charge >= 0.3 is 6.03 Å². The van der Waals surface area contributed by atoms with E-state index in [2.05, 4.69) is 37.6 Å².